The first kappa shape index (κ1) is 14.9. The fraction of sp³-hybridized carbons (Fsp3) is 0.294. The molecule has 1 unspecified atom stereocenters. The molecule has 0 aliphatic heterocycles. The van der Waals surface area contributed by atoms with Gasteiger partial charge in [0.15, 0.2) is 0 Å². The van der Waals surface area contributed by atoms with Crippen LogP contribution in [0.25, 0.3) is 0 Å². The van der Waals surface area contributed by atoms with Crippen LogP contribution in [-0.2, 0) is 6.42 Å². The molecule has 0 spiro atoms. The predicted molar refractivity (Wildman–Crippen MR) is 82.6 cm³/mol. The summed E-state index contributed by atoms with van der Waals surface area (Å²) in [6.45, 7) is 4.00. The molecule has 0 radical (unpaired) electrons. The Balaban J connectivity index is 2.30. The average Bonchev–Trinajstić information content (AvgIpc) is 2.49. The number of benzene rings is 2. The van der Waals surface area contributed by atoms with Crippen molar-refractivity contribution in [2.45, 2.75) is 32.8 Å². The van der Waals surface area contributed by atoms with Crippen LogP contribution in [0.3, 0.4) is 0 Å². The van der Waals surface area contributed by atoms with Gasteiger partial charge in [0.1, 0.15) is 11.5 Å². The highest BCUT2D eigenvalue weighted by Gasteiger charge is 2.12. The number of aliphatic hydroxyl groups excluding tert-OH is 1. The summed E-state index contributed by atoms with van der Waals surface area (Å²) in [7, 11) is 0. The number of halogens is 1. The van der Waals surface area contributed by atoms with Crippen LogP contribution in [0.15, 0.2) is 42.5 Å². The lowest BCUT2D eigenvalue weighted by atomic mass is 10.1. The molecule has 3 heteroatoms. The van der Waals surface area contributed by atoms with Crippen molar-refractivity contribution in [2.75, 3.05) is 0 Å². The number of hydrogen-bond acceptors (Lipinski definition) is 2. The van der Waals surface area contributed by atoms with Crippen LogP contribution in [0, 0.1) is 0 Å². The van der Waals surface area contributed by atoms with Gasteiger partial charge in [-0.1, -0.05) is 43.6 Å². The Bertz CT molecular complexity index is 581. The normalized spacial score (nSPS) is 12.2. The summed E-state index contributed by atoms with van der Waals surface area (Å²) in [5, 5.41) is 10.8. The van der Waals surface area contributed by atoms with Crippen molar-refractivity contribution in [1.29, 1.82) is 0 Å². The van der Waals surface area contributed by atoms with Crippen molar-refractivity contribution in [3.05, 3.63) is 58.6 Å². The van der Waals surface area contributed by atoms with Gasteiger partial charge in [-0.3, -0.25) is 0 Å². The van der Waals surface area contributed by atoms with Gasteiger partial charge in [0.05, 0.1) is 6.10 Å². The van der Waals surface area contributed by atoms with E-state index in [0.29, 0.717) is 12.2 Å². The first-order valence-electron chi connectivity index (χ1n) is 6.89. The molecule has 0 saturated carbocycles. The van der Waals surface area contributed by atoms with Crippen molar-refractivity contribution in [3.63, 3.8) is 0 Å². The number of aliphatic hydroxyl groups is 1. The SMILES string of the molecule is CCc1cc(Oc2ccccc2C(O)CC)ccc1Cl. The highest BCUT2D eigenvalue weighted by Crippen LogP contribution is 2.32. The van der Waals surface area contributed by atoms with Crippen molar-refractivity contribution in [2.24, 2.45) is 0 Å². The minimum atomic E-state index is -0.510. The molecule has 2 aromatic carbocycles. The van der Waals surface area contributed by atoms with Gasteiger partial charge in [0.25, 0.3) is 0 Å². The highest BCUT2D eigenvalue weighted by molar-refractivity contribution is 6.31. The maximum absolute atomic E-state index is 10.0. The minimum Gasteiger partial charge on any atom is -0.457 e. The topological polar surface area (TPSA) is 29.5 Å². The number of aryl methyl sites for hydroxylation is 1. The summed E-state index contributed by atoms with van der Waals surface area (Å²) in [6, 6.07) is 13.2. The van der Waals surface area contributed by atoms with E-state index in [1.165, 1.54) is 0 Å². The zero-order valence-electron chi connectivity index (χ0n) is 11.8. The third kappa shape index (κ3) is 3.33. The minimum absolute atomic E-state index is 0.510. The van der Waals surface area contributed by atoms with Crippen molar-refractivity contribution in [1.82, 2.24) is 0 Å². The molecule has 0 bridgehead atoms. The fourth-order valence-corrected chi connectivity index (χ4v) is 2.33. The second-order valence-electron chi connectivity index (χ2n) is 4.67. The molecular weight excluding hydrogens is 272 g/mol. The Morgan fingerprint density at radius 2 is 1.90 bits per heavy atom. The second-order valence-corrected chi connectivity index (χ2v) is 5.08. The lowest BCUT2D eigenvalue weighted by Crippen LogP contribution is -1.98. The van der Waals surface area contributed by atoms with Crippen molar-refractivity contribution in [3.8, 4) is 11.5 Å². The van der Waals surface area contributed by atoms with Crippen molar-refractivity contribution < 1.29 is 9.84 Å². The lowest BCUT2D eigenvalue weighted by Gasteiger charge is -2.15. The summed E-state index contributed by atoms with van der Waals surface area (Å²) < 4.78 is 5.91. The Kier molecular flexibility index (Phi) is 5.05. The molecule has 0 heterocycles. The van der Waals surface area contributed by atoms with Crippen LogP contribution in [0.5, 0.6) is 11.5 Å². The van der Waals surface area contributed by atoms with E-state index in [2.05, 4.69) is 6.92 Å². The Labute approximate surface area is 125 Å². The van der Waals surface area contributed by atoms with Gasteiger partial charge in [0, 0.05) is 10.6 Å². The molecule has 0 fully saturated rings. The molecule has 0 aliphatic rings. The van der Waals surface area contributed by atoms with Gasteiger partial charge in [-0.05, 0) is 42.7 Å². The molecule has 1 N–H and O–H groups in total. The van der Waals surface area contributed by atoms with Gasteiger partial charge in [0.2, 0.25) is 0 Å². The zero-order chi connectivity index (χ0) is 14.5. The van der Waals surface area contributed by atoms with Gasteiger partial charge < -0.3 is 9.84 Å². The van der Waals surface area contributed by atoms with E-state index < -0.39 is 6.10 Å². The molecule has 106 valence electrons. The van der Waals surface area contributed by atoms with Gasteiger partial charge >= 0.3 is 0 Å². The fourth-order valence-electron chi connectivity index (χ4n) is 2.08. The monoisotopic (exact) mass is 290 g/mol. The Morgan fingerprint density at radius 1 is 1.15 bits per heavy atom. The van der Waals surface area contributed by atoms with E-state index in [1.54, 1.807) is 0 Å². The van der Waals surface area contributed by atoms with Gasteiger partial charge in [-0.2, -0.15) is 0 Å². The molecule has 1 atom stereocenters. The number of rotatable bonds is 5. The quantitative estimate of drug-likeness (QED) is 0.826. The predicted octanol–water partition coefficient (Wildman–Crippen LogP) is 5.14. The lowest BCUT2D eigenvalue weighted by molar-refractivity contribution is 0.170. The van der Waals surface area contributed by atoms with Crippen LogP contribution in [-0.4, -0.2) is 5.11 Å². The van der Waals surface area contributed by atoms with Crippen LogP contribution in [0.1, 0.15) is 37.5 Å². The summed E-state index contributed by atoms with van der Waals surface area (Å²) in [5.41, 5.74) is 1.86. The van der Waals surface area contributed by atoms with E-state index in [-0.39, 0.29) is 0 Å². The van der Waals surface area contributed by atoms with Crippen LogP contribution < -0.4 is 4.74 Å². The van der Waals surface area contributed by atoms with E-state index in [9.17, 15) is 5.11 Å². The maximum atomic E-state index is 10.0. The van der Waals surface area contributed by atoms with Crippen LogP contribution in [0.2, 0.25) is 5.02 Å². The zero-order valence-corrected chi connectivity index (χ0v) is 12.5. The Hall–Kier alpha value is -1.51. The maximum Gasteiger partial charge on any atom is 0.133 e. The second kappa shape index (κ2) is 6.78. The summed E-state index contributed by atoms with van der Waals surface area (Å²) >= 11 is 6.11. The first-order valence-corrected chi connectivity index (χ1v) is 7.26. The smallest absolute Gasteiger partial charge is 0.133 e. The molecule has 2 rings (SSSR count). The summed E-state index contributed by atoms with van der Waals surface area (Å²) in [5.74, 6) is 1.42. The Morgan fingerprint density at radius 3 is 2.60 bits per heavy atom. The van der Waals surface area contributed by atoms with Gasteiger partial charge in [-0.15, -0.1) is 0 Å². The van der Waals surface area contributed by atoms with Crippen molar-refractivity contribution >= 4 is 11.6 Å². The highest BCUT2D eigenvalue weighted by atomic mass is 35.5. The molecule has 0 aliphatic carbocycles. The summed E-state index contributed by atoms with van der Waals surface area (Å²) in [4.78, 5) is 0. The molecule has 20 heavy (non-hydrogen) atoms. The molecule has 2 nitrogen and oxygen atoms in total. The number of hydrogen-bond donors (Lipinski definition) is 1. The van der Waals surface area contributed by atoms with E-state index >= 15 is 0 Å². The van der Waals surface area contributed by atoms with Gasteiger partial charge in [-0.25, -0.2) is 0 Å². The van der Waals surface area contributed by atoms with E-state index in [0.717, 1.165) is 28.3 Å². The third-order valence-corrected chi connectivity index (χ3v) is 3.66. The van der Waals surface area contributed by atoms with Crippen LogP contribution >= 0.6 is 11.6 Å². The number of para-hydroxylation sites is 1. The standard InChI is InChI=1S/C17H19ClO2/c1-3-12-11-13(9-10-15(12)18)20-17-8-6-5-7-14(17)16(19)4-2/h5-11,16,19H,3-4H2,1-2H3. The summed E-state index contributed by atoms with van der Waals surface area (Å²) in [6.07, 6.45) is 1.00. The average molecular weight is 291 g/mol. The molecule has 0 aromatic heterocycles. The number of ether oxygens (including phenoxy) is 1. The molecule has 0 amide bonds. The first-order chi connectivity index (χ1) is 9.65. The van der Waals surface area contributed by atoms with E-state index in [1.807, 2.05) is 49.4 Å². The largest absolute Gasteiger partial charge is 0.457 e. The molecule has 2 aromatic rings. The molecule has 0 saturated heterocycles. The molecular formula is C17H19ClO2. The third-order valence-electron chi connectivity index (χ3n) is 3.29. The van der Waals surface area contributed by atoms with E-state index in [4.69, 9.17) is 16.3 Å². The van der Waals surface area contributed by atoms with Crippen LogP contribution in [0.4, 0.5) is 0 Å².